The van der Waals surface area contributed by atoms with Gasteiger partial charge in [0.1, 0.15) is 11.8 Å². The normalized spacial score (nSPS) is 17.6. The molecule has 34 heavy (non-hydrogen) atoms. The van der Waals surface area contributed by atoms with E-state index in [0.717, 1.165) is 16.7 Å². The predicted octanol–water partition coefficient (Wildman–Crippen LogP) is 2.39. The highest BCUT2D eigenvalue weighted by Crippen LogP contribution is 2.25. The number of hydrogen-bond acceptors (Lipinski definition) is 7. The average Bonchev–Trinajstić information content (AvgIpc) is 3.53. The van der Waals surface area contributed by atoms with Crippen molar-refractivity contribution in [3.8, 4) is 17.1 Å². The number of nitrogens with one attached hydrogen (secondary N) is 1. The van der Waals surface area contributed by atoms with Crippen LogP contribution in [-0.4, -0.2) is 59.7 Å². The van der Waals surface area contributed by atoms with Gasteiger partial charge in [0.05, 0.1) is 26.0 Å². The molecular weight excluding hydrogens is 438 g/mol. The first-order valence-corrected chi connectivity index (χ1v) is 10.9. The summed E-state index contributed by atoms with van der Waals surface area (Å²) in [7, 11) is 3.11. The Hall–Kier alpha value is -3.69. The van der Waals surface area contributed by atoms with E-state index in [4.69, 9.17) is 13.9 Å². The van der Waals surface area contributed by atoms with E-state index in [-0.39, 0.29) is 31.4 Å². The minimum absolute atomic E-state index is 0.0917. The van der Waals surface area contributed by atoms with Gasteiger partial charge in [-0.25, -0.2) is 4.98 Å². The first kappa shape index (κ1) is 23.5. The molecule has 4 rings (SSSR count). The lowest BCUT2D eigenvalue weighted by molar-refractivity contribution is -0.125. The number of ether oxygens (including phenoxy) is 2. The van der Waals surface area contributed by atoms with Crippen molar-refractivity contribution in [2.75, 3.05) is 20.8 Å². The van der Waals surface area contributed by atoms with E-state index in [1.54, 1.807) is 38.6 Å². The SMILES string of the molecule is COCc1cc(C(=O)N2C[C@H](O)C[C@H]2C(=O)NCc2ccc(-c3cnco3)cc2)ccc1OC. The molecule has 1 aromatic heterocycles. The van der Waals surface area contributed by atoms with Crippen molar-refractivity contribution in [1.82, 2.24) is 15.2 Å². The number of nitrogens with zero attached hydrogens (tertiary/aromatic N) is 2. The van der Waals surface area contributed by atoms with Crippen LogP contribution in [0.1, 0.15) is 27.9 Å². The maximum atomic E-state index is 13.2. The molecule has 2 N–H and O–H groups in total. The fourth-order valence-corrected chi connectivity index (χ4v) is 4.08. The topological polar surface area (TPSA) is 114 Å². The lowest BCUT2D eigenvalue weighted by atomic mass is 10.1. The quantitative estimate of drug-likeness (QED) is 0.525. The summed E-state index contributed by atoms with van der Waals surface area (Å²) in [4.78, 5) is 31.5. The van der Waals surface area contributed by atoms with Crippen molar-refractivity contribution in [3.05, 3.63) is 71.7 Å². The highest BCUT2D eigenvalue weighted by Gasteiger charge is 2.39. The molecule has 0 radical (unpaired) electrons. The second kappa shape index (κ2) is 10.5. The lowest BCUT2D eigenvalue weighted by Gasteiger charge is -2.24. The zero-order valence-electron chi connectivity index (χ0n) is 19.1. The highest BCUT2D eigenvalue weighted by atomic mass is 16.5. The molecule has 9 nitrogen and oxygen atoms in total. The van der Waals surface area contributed by atoms with E-state index in [0.29, 0.717) is 23.6 Å². The molecule has 1 saturated heterocycles. The number of oxazole rings is 1. The molecule has 0 unspecified atom stereocenters. The van der Waals surface area contributed by atoms with Crippen LogP contribution in [0, 0.1) is 0 Å². The number of amides is 2. The number of aliphatic hydroxyl groups is 1. The van der Waals surface area contributed by atoms with Gasteiger partial charge in [-0.2, -0.15) is 0 Å². The third-order valence-corrected chi connectivity index (χ3v) is 5.81. The number of methoxy groups -OCH3 is 2. The molecule has 2 heterocycles. The minimum atomic E-state index is -0.766. The zero-order chi connectivity index (χ0) is 24.1. The van der Waals surface area contributed by atoms with Gasteiger partial charge in [0.15, 0.2) is 12.2 Å². The van der Waals surface area contributed by atoms with Crippen molar-refractivity contribution in [1.29, 1.82) is 0 Å². The Bertz CT molecular complexity index is 1130. The summed E-state index contributed by atoms with van der Waals surface area (Å²) in [5, 5.41) is 13.1. The summed E-state index contributed by atoms with van der Waals surface area (Å²) in [5.41, 5.74) is 2.91. The smallest absolute Gasteiger partial charge is 0.254 e. The lowest BCUT2D eigenvalue weighted by Crippen LogP contribution is -2.45. The summed E-state index contributed by atoms with van der Waals surface area (Å²) in [6.45, 7) is 0.672. The molecule has 0 saturated carbocycles. The Morgan fingerprint density at radius 2 is 2.00 bits per heavy atom. The van der Waals surface area contributed by atoms with E-state index in [9.17, 15) is 14.7 Å². The molecule has 178 valence electrons. The Kier molecular flexibility index (Phi) is 7.24. The van der Waals surface area contributed by atoms with Crippen LogP contribution in [0.5, 0.6) is 5.75 Å². The Morgan fingerprint density at radius 1 is 1.21 bits per heavy atom. The van der Waals surface area contributed by atoms with Gasteiger partial charge < -0.3 is 29.2 Å². The molecule has 1 aliphatic rings. The van der Waals surface area contributed by atoms with E-state index in [2.05, 4.69) is 10.3 Å². The van der Waals surface area contributed by atoms with Crippen LogP contribution in [0.2, 0.25) is 0 Å². The molecule has 0 aliphatic carbocycles. The maximum Gasteiger partial charge on any atom is 0.254 e. The molecule has 2 aromatic carbocycles. The van der Waals surface area contributed by atoms with E-state index in [1.165, 1.54) is 11.3 Å². The van der Waals surface area contributed by atoms with Crippen molar-refractivity contribution in [2.45, 2.75) is 31.7 Å². The van der Waals surface area contributed by atoms with Gasteiger partial charge in [0, 0.05) is 43.3 Å². The number of β-amino-alcohol motifs (C(OH)–C–C–N with tert-alkyl or cyclic N) is 1. The monoisotopic (exact) mass is 465 g/mol. The zero-order valence-corrected chi connectivity index (χ0v) is 19.1. The molecular formula is C25H27N3O6. The van der Waals surface area contributed by atoms with Gasteiger partial charge >= 0.3 is 0 Å². The largest absolute Gasteiger partial charge is 0.496 e. The first-order valence-electron chi connectivity index (χ1n) is 10.9. The van der Waals surface area contributed by atoms with Crippen molar-refractivity contribution in [3.63, 3.8) is 0 Å². The number of likely N-dealkylation sites (tertiary alicyclic amines) is 1. The Labute approximate surface area is 197 Å². The Balaban J connectivity index is 1.43. The molecule has 2 amide bonds. The van der Waals surface area contributed by atoms with Crippen LogP contribution >= 0.6 is 0 Å². The van der Waals surface area contributed by atoms with E-state index < -0.39 is 12.1 Å². The average molecular weight is 466 g/mol. The fourth-order valence-electron chi connectivity index (χ4n) is 4.08. The van der Waals surface area contributed by atoms with Crippen LogP contribution in [-0.2, 0) is 22.7 Å². The number of aliphatic hydroxyl groups excluding tert-OH is 1. The van der Waals surface area contributed by atoms with Crippen LogP contribution in [0.15, 0.2) is 59.5 Å². The number of rotatable bonds is 8. The highest BCUT2D eigenvalue weighted by molar-refractivity contribution is 5.98. The number of hydrogen-bond donors (Lipinski definition) is 2. The number of carbonyl (C=O) groups is 2. The van der Waals surface area contributed by atoms with Crippen molar-refractivity contribution in [2.24, 2.45) is 0 Å². The molecule has 3 aromatic rings. The van der Waals surface area contributed by atoms with Gasteiger partial charge in [-0.3, -0.25) is 9.59 Å². The molecule has 0 spiro atoms. The van der Waals surface area contributed by atoms with E-state index in [1.807, 2.05) is 24.3 Å². The van der Waals surface area contributed by atoms with Gasteiger partial charge in [0.25, 0.3) is 5.91 Å². The van der Waals surface area contributed by atoms with Crippen LogP contribution in [0.3, 0.4) is 0 Å². The van der Waals surface area contributed by atoms with Gasteiger partial charge in [-0.1, -0.05) is 24.3 Å². The molecule has 9 heteroatoms. The number of benzene rings is 2. The van der Waals surface area contributed by atoms with Crippen LogP contribution < -0.4 is 10.1 Å². The van der Waals surface area contributed by atoms with E-state index >= 15 is 0 Å². The minimum Gasteiger partial charge on any atom is -0.496 e. The first-order chi connectivity index (χ1) is 16.5. The van der Waals surface area contributed by atoms with Gasteiger partial charge in [-0.05, 0) is 23.8 Å². The summed E-state index contributed by atoms with van der Waals surface area (Å²) in [6.07, 6.45) is 2.42. The molecule has 2 atom stereocenters. The van der Waals surface area contributed by atoms with Crippen LogP contribution in [0.25, 0.3) is 11.3 Å². The molecule has 0 bridgehead atoms. The third kappa shape index (κ3) is 5.11. The maximum absolute atomic E-state index is 13.2. The molecule has 1 fully saturated rings. The third-order valence-electron chi connectivity index (χ3n) is 5.81. The molecule has 1 aliphatic heterocycles. The summed E-state index contributed by atoms with van der Waals surface area (Å²) in [6, 6.07) is 11.8. The van der Waals surface area contributed by atoms with Crippen molar-refractivity contribution >= 4 is 11.8 Å². The van der Waals surface area contributed by atoms with Crippen LogP contribution in [0.4, 0.5) is 0 Å². The van der Waals surface area contributed by atoms with Crippen molar-refractivity contribution < 1.29 is 28.6 Å². The van der Waals surface area contributed by atoms with Gasteiger partial charge in [0.2, 0.25) is 5.91 Å². The predicted molar refractivity (Wildman–Crippen MR) is 123 cm³/mol. The fraction of sp³-hybridized carbons (Fsp3) is 0.320. The summed E-state index contributed by atoms with van der Waals surface area (Å²) >= 11 is 0. The summed E-state index contributed by atoms with van der Waals surface area (Å²) < 4.78 is 15.8. The second-order valence-electron chi connectivity index (χ2n) is 8.10. The number of carbonyl (C=O) groups excluding carboxylic acids is 2. The summed E-state index contributed by atoms with van der Waals surface area (Å²) in [5.74, 6) is 0.642. The standard InChI is InChI=1S/C25H27N3O6/c1-32-14-19-9-18(7-8-22(19)33-2)25(31)28-13-20(29)10-21(28)24(30)27-11-16-3-5-17(6-4-16)23-12-26-15-34-23/h3-9,12,15,20-21,29H,10-11,13-14H2,1-2H3,(H,27,30)/t20-,21+/m1/s1. The van der Waals surface area contributed by atoms with Gasteiger partial charge in [-0.15, -0.1) is 0 Å². The number of aromatic nitrogens is 1. The second-order valence-corrected chi connectivity index (χ2v) is 8.10. The Morgan fingerprint density at radius 3 is 2.68 bits per heavy atom.